The molecule has 0 atom stereocenters. The number of aromatic amines is 1. The number of aryl methyl sites for hydroxylation is 2. The fourth-order valence-corrected chi connectivity index (χ4v) is 2.15. The molecule has 1 aromatic carbocycles. The predicted molar refractivity (Wildman–Crippen MR) is 56.0 cm³/mol. The number of nitrogens with one attached hydrogen (secondary N) is 1. The summed E-state index contributed by atoms with van der Waals surface area (Å²) in [7, 11) is 1.77. The number of hydrogen-bond acceptors (Lipinski definition) is 1. The molecule has 0 bridgehead atoms. The Bertz CT molecular complexity index is 524. The highest BCUT2D eigenvalue weighted by molar-refractivity contribution is 9.10. The first kappa shape index (κ1) is 8.56. The van der Waals surface area contributed by atoms with Crippen LogP contribution in [0.25, 0.3) is 11.0 Å². The molecule has 1 N–H and O–H groups in total. The number of benzene rings is 1. The van der Waals surface area contributed by atoms with Crippen LogP contribution in [0.15, 0.2) is 21.4 Å². The van der Waals surface area contributed by atoms with Crippen LogP contribution >= 0.6 is 15.9 Å². The third kappa shape index (κ3) is 1.21. The van der Waals surface area contributed by atoms with Crippen LogP contribution in [0, 0.1) is 6.92 Å². The first-order chi connectivity index (χ1) is 6.09. The molecule has 68 valence electrons. The zero-order valence-corrected chi connectivity index (χ0v) is 8.97. The maximum Gasteiger partial charge on any atom is 0.326 e. The Morgan fingerprint density at radius 3 is 2.85 bits per heavy atom. The summed E-state index contributed by atoms with van der Waals surface area (Å²) in [5.74, 6) is 0. The van der Waals surface area contributed by atoms with Gasteiger partial charge in [0.1, 0.15) is 0 Å². The topological polar surface area (TPSA) is 37.8 Å². The molecule has 0 saturated carbocycles. The third-order valence-electron chi connectivity index (χ3n) is 2.15. The molecule has 13 heavy (non-hydrogen) atoms. The number of aromatic nitrogens is 2. The minimum Gasteiger partial charge on any atom is -0.305 e. The van der Waals surface area contributed by atoms with E-state index >= 15 is 0 Å². The lowest BCUT2D eigenvalue weighted by Gasteiger charge is -1.99. The molecule has 2 rings (SSSR count). The molecule has 4 heteroatoms. The minimum atomic E-state index is -0.0730. The van der Waals surface area contributed by atoms with E-state index in [1.807, 2.05) is 19.1 Å². The average Bonchev–Trinajstić information content (AvgIpc) is 2.27. The monoisotopic (exact) mass is 240 g/mol. The Kier molecular flexibility index (Phi) is 1.80. The second-order valence-corrected chi connectivity index (χ2v) is 4.02. The number of rotatable bonds is 0. The second-order valence-electron chi connectivity index (χ2n) is 3.11. The van der Waals surface area contributed by atoms with Gasteiger partial charge in [0.25, 0.3) is 0 Å². The molecule has 3 nitrogen and oxygen atoms in total. The van der Waals surface area contributed by atoms with Gasteiger partial charge >= 0.3 is 5.69 Å². The maximum absolute atomic E-state index is 11.3. The Morgan fingerprint density at radius 1 is 1.46 bits per heavy atom. The van der Waals surface area contributed by atoms with Crippen LogP contribution < -0.4 is 5.69 Å². The van der Waals surface area contributed by atoms with E-state index in [0.29, 0.717) is 0 Å². The molecule has 0 radical (unpaired) electrons. The molecule has 0 aliphatic heterocycles. The van der Waals surface area contributed by atoms with Gasteiger partial charge in [0, 0.05) is 11.5 Å². The lowest BCUT2D eigenvalue weighted by Crippen LogP contribution is -2.12. The van der Waals surface area contributed by atoms with Crippen LogP contribution in [0.4, 0.5) is 0 Å². The van der Waals surface area contributed by atoms with Crippen molar-refractivity contribution in [3.8, 4) is 0 Å². The van der Waals surface area contributed by atoms with E-state index in [0.717, 1.165) is 21.1 Å². The molecule has 0 amide bonds. The molecule has 1 heterocycles. The van der Waals surface area contributed by atoms with E-state index in [1.165, 1.54) is 0 Å². The third-order valence-corrected chi connectivity index (χ3v) is 2.60. The van der Waals surface area contributed by atoms with Crippen molar-refractivity contribution in [3.05, 3.63) is 32.7 Å². The summed E-state index contributed by atoms with van der Waals surface area (Å²) in [6.45, 7) is 1.99. The summed E-state index contributed by atoms with van der Waals surface area (Å²) in [6, 6.07) is 3.90. The smallest absolute Gasteiger partial charge is 0.305 e. The van der Waals surface area contributed by atoms with Crippen LogP contribution in [0.5, 0.6) is 0 Å². The Labute approximate surface area is 83.5 Å². The molecule has 0 unspecified atom stereocenters. The summed E-state index contributed by atoms with van der Waals surface area (Å²) < 4.78 is 2.61. The van der Waals surface area contributed by atoms with Crippen molar-refractivity contribution in [1.29, 1.82) is 0 Å². The lowest BCUT2D eigenvalue weighted by atomic mass is 10.2. The molecule has 0 fully saturated rings. The number of halogens is 1. The van der Waals surface area contributed by atoms with Gasteiger partial charge in [-0.2, -0.15) is 0 Å². The first-order valence-corrected chi connectivity index (χ1v) is 4.74. The Morgan fingerprint density at radius 2 is 2.15 bits per heavy atom. The standard InChI is InChI=1S/C9H9BrN2O/c1-5-3-6(10)4-7-8(5)12(2)9(13)11-7/h3-4H,1-2H3,(H,11,13). The van der Waals surface area contributed by atoms with Gasteiger partial charge in [0.2, 0.25) is 0 Å². The first-order valence-electron chi connectivity index (χ1n) is 3.94. The summed E-state index contributed by atoms with van der Waals surface area (Å²) in [4.78, 5) is 14.1. The minimum absolute atomic E-state index is 0.0730. The van der Waals surface area contributed by atoms with Gasteiger partial charge in [-0.25, -0.2) is 4.79 Å². The van der Waals surface area contributed by atoms with Crippen LogP contribution in [-0.2, 0) is 7.05 Å². The van der Waals surface area contributed by atoms with Crippen molar-refractivity contribution >= 4 is 27.0 Å². The van der Waals surface area contributed by atoms with Gasteiger partial charge in [0.05, 0.1) is 11.0 Å². The van der Waals surface area contributed by atoms with Gasteiger partial charge in [-0.05, 0) is 24.6 Å². The van der Waals surface area contributed by atoms with Gasteiger partial charge in [-0.1, -0.05) is 15.9 Å². The van der Waals surface area contributed by atoms with Crippen LogP contribution in [0.1, 0.15) is 5.56 Å². The highest BCUT2D eigenvalue weighted by atomic mass is 79.9. The van der Waals surface area contributed by atoms with Crippen LogP contribution in [-0.4, -0.2) is 9.55 Å². The van der Waals surface area contributed by atoms with Crippen molar-refractivity contribution in [2.24, 2.45) is 7.05 Å². The lowest BCUT2D eigenvalue weighted by molar-refractivity contribution is 0.889. The normalized spacial score (nSPS) is 11.0. The van der Waals surface area contributed by atoms with E-state index in [1.54, 1.807) is 11.6 Å². The molecule has 0 aliphatic carbocycles. The summed E-state index contributed by atoms with van der Waals surface area (Å²) in [5, 5.41) is 0. The number of hydrogen-bond donors (Lipinski definition) is 1. The highest BCUT2D eigenvalue weighted by Gasteiger charge is 2.06. The summed E-state index contributed by atoms with van der Waals surface area (Å²) in [6.07, 6.45) is 0. The molecule has 0 aliphatic rings. The number of H-pyrrole nitrogens is 1. The number of nitrogens with zero attached hydrogens (tertiary/aromatic N) is 1. The molecule has 0 saturated heterocycles. The van der Waals surface area contributed by atoms with Crippen molar-refractivity contribution in [1.82, 2.24) is 9.55 Å². The molecular formula is C9H9BrN2O. The summed E-state index contributed by atoms with van der Waals surface area (Å²) >= 11 is 3.39. The fraction of sp³-hybridized carbons (Fsp3) is 0.222. The quantitative estimate of drug-likeness (QED) is 0.751. The largest absolute Gasteiger partial charge is 0.326 e. The van der Waals surface area contributed by atoms with Crippen LogP contribution in [0.3, 0.4) is 0 Å². The van der Waals surface area contributed by atoms with Gasteiger partial charge in [0.15, 0.2) is 0 Å². The maximum atomic E-state index is 11.3. The molecule has 2 aromatic rings. The molecular weight excluding hydrogens is 232 g/mol. The van der Waals surface area contributed by atoms with Crippen molar-refractivity contribution in [2.75, 3.05) is 0 Å². The highest BCUT2D eigenvalue weighted by Crippen LogP contribution is 2.20. The second kappa shape index (κ2) is 2.73. The Hall–Kier alpha value is -1.03. The van der Waals surface area contributed by atoms with Gasteiger partial charge in [-0.15, -0.1) is 0 Å². The average molecular weight is 241 g/mol. The van der Waals surface area contributed by atoms with E-state index in [-0.39, 0.29) is 5.69 Å². The van der Waals surface area contributed by atoms with Crippen LogP contribution in [0.2, 0.25) is 0 Å². The van der Waals surface area contributed by atoms with Crippen molar-refractivity contribution in [2.45, 2.75) is 6.92 Å². The molecule has 0 spiro atoms. The predicted octanol–water partition coefficient (Wildman–Crippen LogP) is 1.94. The fourth-order valence-electron chi connectivity index (χ4n) is 1.58. The van der Waals surface area contributed by atoms with Gasteiger partial charge < -0.3 is 4.98 Å². The molecule has 1 aromatic heterocycles. The number of imidazole rings is 1. The Balaban J connectivity index is 3.03. The SMILES string of the molecule is Cc1cc(Br)cc2[nH]c(=O)n(C)c12. The van der Waals surface area contributed by atoms with E-state index < -0.39 is 0 Å². The van der Waals surface area contributed by atoms with E-state index in [9.17, 15) is 4.79 Å². The van der Waals surface area contributed by atoms with Crippen molar-refractivity contribution in [3.63, 3.8) is 0 Å². The zero-order valence-electron chi connectivity index (χ0n) is 7.39. The number of fused-ring (bicyclic) bond motifs is 1. The zero-order chi connectivity index (χ0) is 9.59. The van der Waals surface area contributed by atoms with Crippen molar-refractivity contribution < 1.29 is 0 Å². The summed E-state index contributed by atoms with van der Waals surface area (Å²) in [5.41, 5.74) is 2.86. The van der Waals surface area contributed by atoms with Gasteiger partial charge in [-0.3, -0.25) is 4.57 Å². The van der Waals surface area contributed by atoms with E-state index in [2.05, 4.69) is 20.9 Å². The van der Waals surface area contributed by atoms with E-state index in [4.69, 9.17) is 0 Å².